The van der Waals surface area contributed by atoms with Crippen LogP contribution in [0.15, 0.2) is 59.8 Å². The average Bonchev–Trinajstić information content (AvgIpc) is 2.85. The maximum Gasteiger partial charge on any atom is 0.341 e. The van der Waals surface area contributed by atoms with E-state index in [0.29, 0.717) is 18.6 Å². The third kappa shape index (κ3) is 5.70. The van der Waals surface area contributed by atoms with Crippen LogP contribution in [0.25, 0.3) is 11.1 Å². The molecule has 0 aliphatic heterocycles. The monoisotopic (exact) mass is 522 g/mol. The Morgan fingerprint density at radius 1 is 1.14 bits per heavy atom. The number of aromatic nitrogens is 1. The summed E-state index contributed by atoms with van der Waals surface area (Å²) < 4.78 is 34.0. The highest BCUT2D eigenvalue weighted by atomic mass is 32.2. The Bertz CT molecular complexity index is 1410. The van der Waals surface area contributed by atoms with Gasteiger partial charge in [-0.05, 0) is 72.1 Å². The van der Waals surface area contributed by atoms with Crippen molar-refractivity contribution >= 4 is 16.0 Å². The van der Waals surface area contributed by atoms with Gasteiger partial charge in [0.05, 0.1) is 6.04 Å². The van der Waals surface area contributed by atoms with E-state index in [4.69, 9.17) is 9.84 Å². The molecule has 0 amide bonds. The third-order valence-electron chi connectivity index (χ3n) is 6.88. The highest BCUT2D eigenvalue weighted by Crippen LogP contribution is 2.40. The molecule has 37 heavy (non-hydrogen) atoms. The van der Waals surface area contributed by atoms with Crippen molar-refractivity contribution < 1.29 is 23.1 Å². The highest BCUT2D eigenvalue weighted by molar-refractivity contribution is 7.89. The second-order valence-electron chi connectivity index (χ2n) is 10.7. The molecule has 7 nitrogen and oxygen atoms in total. The van der Waals surface area contributed by atoms with Crippen LogP contribution in [-0.2, 0) is 26.7 Å². The van der Waals surface area contributed by atoms with Gasteiger partial charge in [-0.25, -0.2) is 18.2 Å². The Hall–Kier alpha value is -3.23. The third-order valence-corrected chi connectivity index (χ3v) is 8.66. The second-order valence-corrected chi connectivity index (χ2v) is 12.6. The minimum Gasteiger partial charge on any atom is -0.482 e. The van der Waals surface area contributed by atoms with E-state index in [-0.39, 0.29) is 10.4 Å². The molecule has 0 radical (unpaired) electrons. The predicted octanol–water partition coefficient (Wildman–Crippen LogP) is 5.52. The molecule has 1 aliphatic rings. The molecule has 0 fully saturated rings. The van der Waals surface area contributed by atoms with Crippen LogP contribution in [0, 0.1) is 6.92 Å². The first kappa shape index (κ1) is 26.8. The first-order chi connectivity index (χ1) is 17.4. The number of hydrogen-bond donors (Lipinski definition) is 1. The lowest BCUT2D eigenvalue weighted by atomic mass is 9.84. The van der Waals surface area contributed by atoms with Gasteiger partial charge in [-0.1, -0.05) is 56.7 Å². The van der Waals surface area contributed by atoms with Gasteiger partial charge in [0.1, 0.15) is 5.75 Å². The molecule has 1 unspecified atom stereocenters. The summed E-state index contributed by atoms with van der Waals surface area (Å²) in [6.45, 7) is 8.11. The highest BCUT2D eigenvalue weighted by Gasteiger charge is 2.34. The minimum absolute atomic E-state index is 0.00495. The molecule has 0 spiro atoms. The molecule has 1 atom stereocenters. The van der Waals surface area contributed by atoms with Gasteiger partial charge in [0.25, 0.3) is 10.0 Å². The Morgan fingerprint density at radius 3 is 2.54 bits per heavy atom. The minimum atomic E-state index is -3.87. The molecule has 3 aromatic rings. The molecule has 1 heterocycles. The predicted molar refractivity (Wildman–Crippen MR) is 143 cm³/mol. The second kappa shape index (κ2) is 10.3. The van der Waals surface area contributed by atoms with Crippen molar-refractivity contribution in [2.45, 2.75) is 63.4 Å². The Balaban J connectivity index is 1.62. The standard InChI is InChI=1S/C29H34N2O5S/c1-19-14-21(16-22(15-19)29(2,3)4)20-12-13-27(30-17-20)37(34,35)31(5)25-10-6-9-24-23(25)8-7-11-26(24)36-18-28(32)33/h7-8,11-17,25H,6,9-10,18H2,1-5H3,(H,32,33). The number of hydrogen-bond acceptors (Lipinski definition) is 5. The molecule has 196 valence electrons. The van der Waals surface area contributed by atoms with Crippen molar-refractivity contribution in [1.29, 1.82) is 0 Å². The number of nitrogens with zero attached hydrogens (tertiary/aromatic N) is 2. The van der Waals surface area contributed by atoms with Gasteiger partial charge in [-0.15, -0.1) is 0 Å². The van der Waals surface area contributed by atoms with Crippen LogP contribution < -0.4 is 4.74 Å². The van der Waals surface area contributed by atoms with Gasteiger partial charge >= 0.3 is 5.97 Å². The quantitative estimate of drug-likeness (QED) is 0.439. The van der Waals surface area contributed by atoms with Crippen LogP contribution in [0.1, 0.15) is 61.9 Å². The molecule has 2 aromatic carbocycles. The number of aliphatic carboxylic acids is 1. The SMILES string of the molecule is Cc1cc(-c2ccc(S(=O)(=O)N(C)C3CCCc4c(OCC(=O)O)cccc43)nc2)cc(C(C)(C)C)c1. The molecule has 4 rings (SSSR count). The molecule has 0 saturated carbocycles. The maximum absolute atomic E-state index is 13.6. The largest absolute Gasteiger partial charge is 0.482 e. The van der Waals surface area contributed by atoms with Crippen LogP contribution in [0.4, 0.5) is 0 Å². The number of carboxylic acids is 1. The molecular weight excluding hydrogens is 488 g/mol. The number of ether oxygens (including phenoxy) is 1. The van der Waals surface area contributed by atoms with Crippen molar-refractivity contribution in [3.8, 4) is 16.9 Å². The summed E-state index contributed by atoms with van der Waals surface area (Å²) >= 11 is 0. The van der Waals surface area contributed by atoms with E-state index in [0.717, 1.165) is 34.2 Å². The van der Waals surface area contributed by atoms with E-state index in [1.807, 2.05) is 12.1 Å². The number of benzene rings is 2. The summed E-state index contributed by atoms with van der Waals surface area (Å²) in [4.78, 5) is 15.3. The summed E-state index contributed by atoms with van der Waals surface area (Å²) in [7, 11) is -2.30. The fraction of sp³-hybridized carbons (Fsp3) is 0.379. The number of rotatable bonds is 7. The van der Waals surface area contributed by atoms with Crippen molar-refractivity contribution in [3.05, 3.63) is 77.0 Å². The summed E-state index contributed by atoms with van der Waals surface area (Å²) in [6, 6.07) is 14.8. The lowest BCUT2D eigenvalue weighted by molar-refractivity contribution is -0.139. The molecule has 0 saturated heterocycles. The Kier molecular flexibility index (Phi) is 7.44. The zero-order valence-electron chi connectivity index (χ0n) is 22.0. The summed E-state index contributed by atoms with van der Waals surface area (Å²) in [5.74, 6) is -0.565. The van der Waals surface area contributed by atoms with E-state index in [9.17, 15) is 13.2 Å². The zero-order chi connectivity index (χ0) is 27.0. The van der Waals surface area contributed by atoms with Gasteiger partial charge in [0.2, 0.25) is 0 Å². The topological polar surface area (TPSA) is 96.8 Å². The molecule has 1 aliphatic carbocycles. The number of carbonyl (C=O) groups is 1. The maximum atomic E-state index is 13.6. The van der Waals surface area contributed by atoms with E-state index in [1.165, 1.54) is 9.87 Å². The number of fused-ring (bicyclic) bond motifs is 1. The van der Waals surface area contributed by atoms with Crippen LogP contribution in [0.5, 0.6) is 5.75 Å². The van der Waals surface area contributed by atoms with E-state index < -0.39 is 28.6 Å². The van der Waals surface area contributed by atoms with Gasteiger partial charge in [-0.3, -0.25) is 0 Å². The fourth-order valence-corrected chi connectivity index (χ4v) is 6.12. The Morgan fingerprint density at radius 2 is 1.89 bits per heavy atom. The molecule has 1 aromatic heterocycles. The lowest BCUT2D eigenvalue weighted by Gasteiger charge is -2.33. The molecule has 8 heteroatoms. The summed E-state index contributed by atoms with van der Waals surface area (Å²) in [5, 5.41) is 8.98. The van der Waals surface area contributed by atoms with E-state index >= 15 is 0 Å². The van der Waals surface area contributed by atoms with Crippen molar-refractivity contribution in [2.75, 3.05) is 13.7 Å². The van der Waals surface area contributed by atoms with Gasteiger partial charge in [0, 0.05) is 18.8 Å². The molecule has 1 N–H and O–H groups in total. The van der Waals surface area contributed by atoms with Crippen molar-refractivity contribution in [1.82, 2.24) is 9.29 Å². The first-order valence-corrected chi connectivity index (χ1v) is 13.8. The zero-order valence-corrected chi connectivity index (χ0v) is 22.8. The van der Waals surface area contributed by atoms with E-state index in [2.05, 4.69) is 50.9 Å². The van der Waals surface area contributed by atoms with Gasteiger partial charge in [0.15, 0.2) is 11.6 Å². The fourth-order valence-electron chi connectivity index (χ4n) is 4.84. The molecular formula is C29H34N2O5S. The smallest absolute Gasteiger partial charge is 0.341 e. The lowest BCUT2D eigenvalue weighted by Crippen LogP contribution is -2.34. The summed E-state index contributed by atoms with van der Waals surface area (Å²) in [6.07, 6.45) is 3.74. The normalized spacial score (nSPS) is 15.9. The van der Waals surface area contributed by atoms with Crippen LogP contribution in [0.2, 0.25) is 0 Å². The van der Waals surface area contributed by atoms with Gasteiger partial charge in [-0.2, -0.15) is 4.31 Å². The van der Waals surface area contributed by atoms with E-state index in [1.54, 1.807) is 31.4 Å². The Labute approximate surface area is 219 Å². The average molecular weight is 523 g/mol. The van der Waals surface area contributed by atoms with Crippen molar-refractivity contribution in [3.63, 3.8) is 0 Å². The number of pyridine rings is 1. The molecule has 0 bridgehead atoms. The van der Waals surface area contributed by atoms with Crippen LogP contribution >= 0.6 is 0 Å². The van der Waals surface area contributed by atoms with Crippen LogP contribution in [-0.4, -0.2) is 42.4 Å². The number of carboxylic acid groups (broad SMARTS) is 1. The summed E-state index contributed by atoms with van der Waals surface area (Å²) in [5.41, 5.74) is 5.91. The van der Waals surface area contributed by atoms with Gasteiger partial charge < -0.3 is 9.84 Å². The van der Waals surface area contributed by atoms with Crippen molar-refractivity contribution in [2.24, 2.45) is 0 Å². The first-order valence-electron chi connectivity index (χ1n) is 12.4. The number of sulfonamides is 1. The number of aryl methyl sites for hydroxylation is 1. The van der Waals surface area contributed by atoms with Crippen LogP contribution in [0.3, 0.4) is 0 Å².